The summed E-state index contributed by atoms with van der Waals surface area (Å²) in [5.41, 5.74) is 3.09. The van der Waals surface area contributed by atoms with E-state index in [1.165, 1.54) is 0 Å². The zero-order valence-corrected chi connectivity index (χ0v) is 13.4. The monoisotopic (exact) mass is 340 g/mol. The van der Waals surface area contributed by atoms with Crippen LogP contribution in [0.2, 0.25) is 0 Å². The van der Waals surface area contributed by atoms with Gasteiger partial charge in [-0.3, -0.25) is 4.79 Å². The van der Waals surface area contributed by atoms with E-state index < -0.39 is 0 Å². The van der Waals surface area contributed by atoms with E-state index in [4.69, 9.17) is 9.99 Å². The number of ether oxygens (including phenoxy) is 1. The van der Waals surface area contributed by atoms with E-state index in [1.807, 2.05) is 36.4 Å². The lowest BCUT2D eigenvalue weighted by molar-refractivity contribution is -0.432. The van der Waals surface area contributed by atoms with Gasteiger partial charge in [0.15, 0.2) is 5.78 Å². The van der Waals surface area contributed by atoms with Crippen LogP contribution in [0.25, 0.3) is 21.9 Å². The van der Waals surface area contributed by atoms with Crippen molar-refractivity contribution < 1.29 is 24.2 Å². The molecule has 0 aromatic heterocycles. The van der Waals surface area contributed by atoms with Gasteiger partial charge in [-0.2, -0.15) is 0 Å². The van der Waals surface area contributed by atoms with Gasteiger partial charge >= 0.3 is 0 Å². The highest BCUT2D eigenvalue weighted by molar-refractivity contribution is 7.94. The number of carbonyl (C=O) groups is 1. The summed E-state index contributed by atoms with van der Waals surface area (Å²) in [7, 11) is 1.62. The van der Waals surface area contributed by atoms with Crippen LogP contribution in [-0.2, 0) is 9.37 Å². The van der Waals surface area contributed by atoms with Crippen molar-refractivity contribution in [3.05, 3.63) is 59.7 Å². The summed E-state index contributed by atoms with van der Waals surface area (Å²) >= 11 is 0.831. The standard InChI is InChI=1S/C18H12O5S/c1-21-16-8-7-12-11-6-5-10(24-23-22-20)9-15(11)18(19)14-4-2-3-13(16)17(12)14/h2-9,20H,1H3. The molecule has 0 aliphatic heterocycles. The molecule has 0 bridgehead atoms. The minimum Gasteiger partial charge on any atom is -0.496 e. The maximum atomic E-state index is 12.9. The highest BCUT2D eigenvalue weighted by atomic mass is 32.2. The minimum absolute atomic E-state index is 0.0521. The van der Waals surface area contributed by atoms with Crippen LogP contribution in [0.5, 0.6) is 5.75 Å². The van der Waals surface area contributed by atoms with E-state index in [-0.39, 0.29) is 5.78 Å². The lowest BCUT2D eigenvalue weighted by Gasteiger charge is -2.21. The van der Waals surface area contributed by atoms with Gasteiger partial charge in [0.25, 0.3) is 0 Å². The SMILES string of the molecule is COc1ccc2c3c(cccc13)C(=O)c1cc(SOOO)ccc1-2. The number of rotatable bonds is 4. The molecule has 0 atom stereocenters. The largest absolute Gasteiger partial charge is 0.496 e. The topological polar surface area (TPSA) is 65.0 Å². The molecule has 4 rings (SSSR count). The minimum atomic E-state index is -0.0521. The molecule has 6 heteroatoms. The summed E-state index contributed by atoms with van der Waals surface area (Å²) in [5, 5.41) is 13.7. The average molecular weight is 340 g/mol. The number of fused-ring (bicyclic) bond motifs is 2. The lowest BCUT2D eigenvalue weighted by atomic mass is 9.82. The Labute approximate surface area is 141 Å². The first-order valence-electron chi connectivity index (χ1n) is 7.18. The normalized spacial score (nSPS) is 12.3. The summed E-state index contributed by atoms with van der Waals surface area (Å²) in [6, 6.07) is 14.9. The third kappa shape index (κ3) is 2.20. The number of methoxy groups -OCH3 is 1. The van der Waals surface area contributed by atoms with Gasteiger partial charge in [0.2, 0.25) is 0 Å². The highest BCUT2D eigenvalue weighted by Crippen LogP contribution is 2.43. The smallest absolute Gasteiger partial charge is 0.194 e. The predicted octanol–water partition coefficient (Wildman–Crippen LogP) is 4.49. The number of hydrogen-bond acceptors (Lipinski definition) is 6. The molecule has 1 aliphatic rings. The van der Waals surface area contributed by atoms with Crippen molar-refractivity contribution in [2.75, 3.05) is 7.11 Å². The van der Waals surface area contributed by atoms with Gasteiger partial charge in [0.05, 0.1) is 19.2 Å². The highest BCUT2D eigenvalue weighted by Gasteiger charge is 2.26. The fourth-order valence-corrected chi connectivity index (χ4v) is 3.57. The fraction of sp³-hybridized carbons (Fsp3) is 0.0556. The molecular weight excluding hydrogens is 328 g/mol. The Morgan fingerprint density at radius 2 is 1.79 bits per heavy atom. The Kier molecular flexibility index (Phi) is 3.74. The van der Waals surface area contributed by atoms with E-state index in [0.29, 0.717) is 16.0 Å². The molecule has 0 amide bonds. The van der Waals surface area contributed by atoms with Crippen molar-refractivity contribution in [2.24, 2.45) is 0 Å². The van der Waals surface area contributed by atoms with Gasteiger partial charge in [-0.1, -0.05) is 35.4 Å². The molecule has 0 radical (unpaired) electrons. The van der Waals surface area contributed by atoms with Gasteiger partial charge in [-0.25, -0.2) is 5.26 Å². The molecule has 0 heterocycles. The molecule has 0 unspecified atom stereocenters. The summed E-state index contributed by atoms with van der Waals surface area (Å²) in [6.45, 7) is 0. The zero-order chi connectivity index (χ0) is 16.7. The molecule has 3 aromatic carbocycles. The third-order valence-corrected chi connectivity index (χ3v) is 4.73. The molecular formula is C18H12O5S. The van der Waals surface area contributed by atoms with E-state index in [0.717, 1.165) is 39.7 Å². The number of carbonyl (C=O) groups excluding carboxylic acids is 1. The van der Waals surface area contributed by atoms with Crippen LogP contribution < -0.4 is 4.74 Å². The zero-order valence-electron chi connectivity index (χ0n) is 12.6. The van der Waals surface area contributed by atoms with Crippen molar-refractivity contribution in [3.63, 3.8) is 0 Å². The average Bonchev–Trinajstić information content (AvgIpc) is 2.63. The van der Waals surface area contributed by atoms with Crippen LogP contribution in [0.3, 0.4) is 0 Å². The first-order chi connectivity index (χ1) is 11.7. The second-order valence-corrected chi connectivity index (χ2v) is 6.08. The Morgan fingerprint density at radius 1 is 0.958 bits per heavy atom. The fourth-order valence-electron chi connectivity index (χ4n) is 3.17. The molecule has 0 saturated carbocycles. The first-order valence-corrected chi connectivity index (χ1v) is 7.92. The molecule has 1 N–H and O–H groups in total. The van der Waals surface area contributed by atoms with Crippen LogP contribution in [0.4, 0.5) is 0 Å². The van der Waals surface area contributed by atoms with Gasteiger partial charge in [-0.05, 0) is 29.3 Å². The van der Waals surface area contributed by atoms with Crippen LogP contribution in [0, 0.1) is 0 Å². The quantitative estimate of drug-likeness (QED) is 0.335. The predicted molar refractivity (Wildman–Crippen MR) is 90.0 cm³/mol. The second kappa shape index (κ2) is 5.92. The number of benzene rings is 3. The van der Waals surface area contributed by atoms with Crippen LogP contribution in [0.1, 0.15) is 15.9 Å². The van der Waals surface area contributed by atoms with Crippen molar-refractivity contribution in [3.8, 4) is 16.9 Å². The summed E-state index contributed by atoms with van der Waals surface area (Å²) in [4.78, 5) is 13.6. The van der Waals surface area contributed by atoms with E-state index in [2.05, 4.69) is 9.37 Å². The molecule has 0 saturated heterocycles. The Bertz CT molecular complexity index is 967. The van der Waals surface area contributed by atoms with E-state index >= 15 is 0 Å². The second-order valence-electron chi connectivity index (χ2n) is 5.31. The maximum absolute atomic E-state index is 12.9. The van der Waals surface area contributed by atoms with Gasteiger partial charge in [-0.15, -0.1) is 4.33 Å². The Hall–Kier alpha value is -2.38. The number of ketones is 1. The van der Waals surface area contributed by atoms with Crippen molar-refractivity contribution in [1.82, 2.24) is 0 Å². The van der Waals surface area contributed by atoms with Gasteiger partial charge < -0.3 is 4.74 Å². The number of hydrogen-bond donors (Lipinski definition) is 1. The molecule has 24 heavy (non-hydrogen) atoms. The van der Waals surface area contributed by atoms with Crippen molar-refractivity contribution >= 4 is 28.6 Å². The Balaban J connectivity index is 1.98. The van der Waals surface area contributed by atoms with Gasteiger partial charge in [0.1, 0.15) is 5.75 Å². The van der Waals surface area contributed by atoms with E-state index in [9.17, 15) is 4.79 Å². The summed E-state index contributed by atoms with van der Waals surface area (Å²) in [6.07, 6.45) is 0. The van der Waals surface area contributed by atoms with Crippen LogP contribution in [-0.4, -0.2) is 18.2 Å². The Morgan fingerprint density at radius 3 is 2.58 bits per heavy atom. The van der Waals surface area contributed by atoms with Crippen LogP contribution in [0.15, 0.2) is 53.4 Å². The molecule has 3 aromatic rings. The molecule has 0 fully saturated rings. The molecule has 5 nitrogen and oxygen atoms in total. The molecule has 0 spiro atoms. The van der Waals surface area contributed by atoms with E-state index in [1.54, 1.807) is 19.2 Å². The molecule has 120 valence electrons. The summed E-state index contributed by atoms with van der Waals surface area (Å²) < 4.78 is 9.87. The van der Waals surface area contributed by atoms with Crippen molar-refractivity contribution in [2.45, 2.75) is 4.90 Å². The van der Waals surface area contributed by atoms with Crippen LogP contribution >= 0.6 is 12.0 Å². The summed E-state index contributed by atoms with van der Waals surface area (Å²) in [5.74, 6) is 0.691. The lowest BCUT2D eigenvalue weighted by Crippen LogP contribution is -2.10. The first kappa shape index (κ1) is 15.2. The van der Waals surface area contributed by atoms with Crippen molar-refractivity contribution in [1.29, 1.82) is 0 Å². The maximum Gasteiger partial charge on any atom is 0.194 e. The molecule has 1 aliphatic carbocycles. The third-order valence-electron chi connectivity index (χ3n) is 4.15. The van der Waals surface area contributed by atoms with Gasteiger partial charge in [0, 0.05) is 26.8 Å².